The third kappa shape index (κ3) is 2.09. The van der Waals surface area contributed by atoms with E-state index >= 15 is 0 Å². The van der Waals surface area contributed by atoms with E-state index in [-0.39, 0.29) is 6.04 Å². The lowest BCUT2D eigenvalue weighted by Crippen LogP contribution is -2.53. The van der Waals surface area contributed by atoms with Crippen molar-refractivity contribution in [2.75, 3.05) is 11.9 Å². The number of para-hydroxylation sites is 1. The molecule has 3 rings (SSSR count). The number of ether oxygens (including phenoxy) is 1. The number of anilines is 1. The summed E-state index contributed by atoms with van der Waals surface area (Å²) in [6.07, 6.45) is 2.62. The van der Waals surface area contributed by atoms with Crippen molar-refractivity contribution in [2.45, 2.75) is 29.6 Å². The first-order valence-corrected chi connectivity index (χ1v) is 7.37. The zero-order valence-electron chi connectivity index (χ0n) is 11.1. The summed E-state index contributed by atoms with van der Waals surface area (Å²) in [4.78, 5) is 14.0. The Morgan fingerprint density at radius 2 is 1.95 bits per heavy atom. The van der Waals surface area contributed by atoms with Gasteiger partial charge in [0, 0.05) is 19.2 Å². The fourth-order valence-corrected chi connectivity index (χ4v) is 3.58. The number of carbonyl (C=O) groups is 1. The van der Waals surface area contributed by atoms with Crippen LogP contribution in [0, 0.1) is 0 Å². The monoisotopic (exact) mass is 311 g/mol. The summed E-state index contributed by atoms with van der Waals surface area (Å²) in [6, 6.07) is 9.40. The lowest BCUT2D eigenvalue weighted by molar-refractivity contribution is -0.142. The first-order valence-electron chi connectivity index (χ1n) is 6.61. The van der Waals surface area contributed by atoms with Gasteiger partial charge in [-0.15, -0.1) is 0 Å². The van der Waals surface area contributed by atoms with Crippen molar-refractivity contribution in [3.05, 3.63) is 41.7 Å². The van der Waals surface area contributed by atoms with Crippen LogP contribution in [-0.2, 0) is 9.53 Å². The summed E-state index contributed by atoms with van der Waals surface area (Å²) in [7, 11) is 1.90. The number of hydrogen-bond donors (Lipinski definition) is 0. The average Bonchev–Trinajstić information content (AvgIpc) is 2.87. The largest absolute Gasteiger partial charge is 0.429 e. The van der Waals surface area contributed by atoms with E-state index in [1.807, 2.05) is 42.3 Å². The molecule has 1 aliphatic carbocycles. The number of carbonyl (C=O) groups excluding carboxylic acids is 1. The molecule has 106 valence electrons. The topological polar surface area (TPSA) is 29.5 Å². The molecule has 0 radical (unpaired) electrons. The van der Waals surface area contributed by atoms with Gasteiger partial charge in [-0.3, -0.25) is 0 Å². The summed E-state index contributed by atoms with van der Waals surface area (Å²) in [6.45, 7) is 0. The molecule has 0 fully saturated rings. The second-order valence-electron chi connectivity index (χ2n) is 5.16. The maximum Gasteiger partial charge on any atom is 0.350 e. The predicted octanol–water partition coefficient (Wildman–Crippen LogP) is 3.66. The second-order valence-corrected chi connectivity index (χ2v) is 6.55. The van der Waals surface area contributed by atoms with Gasteiger partial charge in [0.2, 0.25) is 4.33 Å². The fourth-order valence-electron chi connectivity index (χ4n) is 2.94. The molecular formula is C15H15Cl2NO2. The highest BCUT2D eigenvalue weighted by Crippen LogP contribution is 2.46. The van der Waals surface area contributed by atoms with Crippen molar-refractivity contribution in [3.8, 4) is 0 Å². The zero-order valence-corrected chi connectivity index (χ0v) is 12.6. The third-order valence-electron chi connectivity index (χ3n) is 3.92. The van der Waals surface area contributed by atoms with E-state index in [1.165, 1.54) is 0 Å². The Morgan fingerprint density at radius 3 is 2.65 bits per heavy atom. The van der Waals surface area contributed by atoms with Gasteiger partial charge in [-0.2, -0.15) is 0 Å². The maximum absolute atomic E-state index is 12.1. The molecule has 0 saturated heterocycles. The molecule has 1 heterocycles. The van der Waals surface area contributed by atoms with E-state index in [1.54, 1.807) is 0 Å². The third-order valence-corrected chi connectivity index (χ3v) is 4.64. The van der Waals surface area contributed by atoms with E-state index < -0.39 is 10.3 Å². The lowest BCUT2D eigenvalue weighted by Gasteiger charge is -2.40. The predicted molar refractivity (Wildman–Crippen MR) is 80.0 cm³/mol. The molecule has 1 aromatic carbocycles. The molecule has 3 nitrogen and oxygen atoms in total. The van der Waals surface area contributed by atoms with Gasteiger partial charge in [0.15, 0.2) is 0 Å². The minimum Gasteiger partial charge on any atom is -0.429 e. The Morgan fingerprint density at radius 1 is 1.25 bits per heavy atom. The molecule has 0 saturated carbocycles. The van der Waals surface area contributed by atoms with Crippen molar-refractivity contribution < 1.29 is 9.53 Å². The van der Waals surface area contributed by atoms with Crippen LogP contribution in [0.1, 0.15) is 19.3 Å². The van der Waals surface area contributed by atoms with Gasteiger partial charge in [-0.1, -0.05) is 41.4 Å². The normalized spacial score (nSPS) is 24.4. The molecule has 1 aromatic rings. The fraction of sp³-hybridized carbons (Fsp3) is 0.400. The highest BCUT2D eigenvalue weighted by Gasteiger charge is 2.53. The highest BCUT2D eigenvalue weighted by molar-refractivity contribution is 6.58. The summed E-state index contributed by atoms with van der Waals surface area (Å²) in [5.74, 6) is 0.175. The van der Waals surface area contributed by atoms with Crippen molar-refractivity contribution in [1.29, 1.82) is 0 Å². The van der Waals surface area contributed by atoms with E-state index in [0.717, 1.165) is 36.3 Å². The number of benzene rings is 1. The van der Waals surface area contributed by atoms with Crippen molar-refractivity contribution >= 4 is 34.9 Å². The molecule has 5 heteroatoms. The Labute approximate surface area is 128 Å². The maximum atomic E-state index is 12.1. The number of alkyl halides is 2. The zero-order chi connectivity index (χ0) is 14.3. The quantitative estimate of drug-likeness (QED) is 0.616. The van der Waals surface area contributed by atoms with Crippen LogP contribution in [0.3, 0.4) is 0 Å². The van der Waals surface area contributed by atoms with Crippen LogP contribution in [0.15, 0.2) is 41.7 Å². The van der Waals surface area contributed by atoms with Gasteiger partial charge >= 0.3 is 5.97 Å². The molecule has 0 aromatic heterocycles. The molecule has 2 aliphatic rings. The van der Waals surface area contributed by atoms with Gasteiger partial charge in [0.25, 0.3) is 0 Å². The van der Waals surface area contributed by atoms with Crippen LogP contribution >= 0.6 is 23.2 Å². The summed E-state index contributed by atoms with van der Waals surface area (Å²) in [5, 5.41) is 0. The minimum absolute atomic E-state index is 0.382. The number of likely N-dealkylation sites (N-methyl/N-ethyl adjacent to an activating group) is 1. The van der Waals surface area contributed by atoms with Crippen LogP contribution in [0.2, 0.25) is 0 Å². The number of hydrogen-bond acceptors (Lipinski definition) is 3. The number of esters is 1. The van der Waals surface area contributed by atoms with E-state index in [2.05, 4.69) is 0 Å². The smallest absolute Gasteiger partial charge is 0.350 e. The number of halogens is 2. The van der Waals surface area contributed by atoms with Crippen LogP contribution in [-0.4, -0.2) is 23.4 Å². The van der Waals surface area contributed by atoms with Crippen LogP contribution in [0.25, 0.3) is 0 Å². The van der Waals surface area contributed by atoms with Crippen molar-refractivity contribution in [3.63, 3.8) is 0 Å². The van der Waals surface area contributed by atoms with Crippen LogP contribution in [0.4, 0.5) is 5.69 Å². The summed E-state index contributed by atoms with van der Waals surface area (Å²) < 4.78 is 3.72. The Kier molecular flexibility index (Phi) is 3.43. The summed E-state index contributed by atoms with van der Waals surface area (Å²) >= 11 is 12.6. The number of rotatable bonds is 2. The standard InChI is InChI=1S/C15H15Cl2NO2/c1-18(10-6-3-2-4-7-10)13-11-8-5-9-12(11)20-14(19)15(13,16)17/h2-4,6-7,13H,5,8-9H2,1H3. The lowest BCUT2D eigenvalue weighted by atomic mass is 9.98. The van der Waals surface area contributed by atoms with Gasteiger partial charge < -0.3 is 9.64 Å². The van der Waals surface area contributed by atoms with E-state index in [9.17, 15) is 4.79 Å². The first kappa shape index (κ1) is 13.8. The molecule has 0 amide bonds. The van der Waals surface area contributed by atoms with Crippen LogP contribution in [0.5, 0.6) is 0 Å². The average molecular weight is 312 g/mol. The number of nitrogens with zero attached hydrogens (tertiary/aromatic N) is 1. The first-order chi connectivity index (χ1) is 9.51. The van der Waals surface area contributed by atoms with E-state index in [0.29, 0.717) is 0 Å². The van der Waals surface area contributed by atoms with Crippen molar-refractivity contribution in [1.82, 2.24) is 0 Å². The molecule has 0 N–H and O–H groups in total. The van der Waals surface area contributed by atoms with Gasteiger partial charge in [-0.25, -0.2) is 4.79 Å². The van der Waals surface area contributed by atoms with Gasteiger partial charge in [0.05, 0.1) is 6.04 Å². The van der Waals surface area contributed by atoms with Gasteiger partial charge in [-0.05, 0) is 30.5 Å². The van der Waals surface area contributed by atoms with E-state index in [4.69, 9.17) is 27.9 Å². The molecule has 0 bridgehead atoms. The van der Waals surface area contributed by atoms with Crippen molar-refractivity contribution in [2.24, 2.45) is 0 Å². The molecule has 1 unspecified atom stereocenters. The number of allylic oxidation sites excluding steroid dienone is 1. The molecule has 0 spiro atoms. The molecular weight excluding hydrogens is 297 g/mol. The Hall–Kier alpha value is -1.19. The molecule has 20 heavy (non-hydrogen) atoms. The molecule has 1 atom stereocenters. The van der Waals surface area contributed by atoms with Crippen LogP contribution < -0.4 is 4.90 Å². The minimum atomic E-state index is -1.58. The Bertz CT molecular complexity index is 568. The Balaban J connectivity index is 2.04. The highest BCUT2D eigenvalue weighted by atomic mass is 35.5. The second kappa shape index (κ2) is 4.97. The van der Waals surface area contributed by atoms with Gasteiger partial charge in [0.1, 0.15) is 5.76 Å². The SMILES string of the molecule is CN(c1ccccc1)C1C2=C(CCC2)OC(=O)C1(Cl)Cl. The molecule has 1 aliphatic heterocycles. The summed E-state index contributed by atoms with van der Waals surface area (Å²) in [5.41, 5.74) is 2.01.